The number of halogens is 1. The number of amides is 9. The molecule has 6 aliphatic heterocycles. The molecular weight excluding hydrogens is 1360 g/mol. The number of rotatable bonds is 30. The van der Waals surface area contributed by atoms with E-state index in [1.165, 1.54) is 47.1 Å². The van der Waals surface area contributed by atoms with Crippen molar-refractivity contribution >= 4 is 88.4 Å². The summed E-state index contributed by atoms with van der Waals surface area (Å²) in [5.41, 5.74) is -1.45. The summed E-state index contributed by atoms with van der Waals surface area (Å²) in [4.78, 5) is 138. The van der Waals surface area contributed by atoms with Crippen molar-refractivity contribution in [2.45, 2.75) is 175 Å². The Morgan fingerprint density at radius 3 is 2.36 bits per heavy atom. The Kier molecular flexibility index (Phi) is 29.8. The summed E-state index contributed by atoms with van der Waals surface area (Å²) in [6.45, 7) is 8.20. The second kappa shape index (κ2) is 37.0. The summed E-state index contributed by atoms with van der Waals surface area (Å²) in [5, 5.41) is 59.3. The zero-order valence-electron chi connectivity index (χ0n) is 57.9. The Labute approximate surface area is 588 Å². The third-order valence-corrected chi connectivity index (χ3v) is 20.0. The molecule has 0 radical (unpaired) electrons. The van der Waals surface area contributed by atoms with E-state index in [0.717, 1.165) is 27.8 Å². The van der Waals surface area contributed by atoms with Gasteiger partial charge in [0.2, 0.25) is 47.3 Å². The van der Waals surface area contributed by atoms with Crippen molar-refractivity contribution in [3.8, 4) is 5.75 Å². The fraction of sp³-hybridized carbons (Fsp3) is 0.692. The maximum absolute atomic E-state index is 14.5. The predicted octanol–water partition coefficient (Wildman–Crippen LogP) is -1.76. The van der Waals surface area contributed by atoms with E-state index in [1.54, 1.807) is 45.2 Å². The number of carbonyl (C=O) groups is 10. The normalized spacial score (nSPS) is 30.7. The lowest BCUT2D eigenvalue weighted by Crippen LogP contribution is -2.66. The first-order chi connectivity index (χ1) is 47.5. The number of epoxide rings is 1. The number of thioether (sulfide) groups is 1. The van der Waals surface area contributed by atoms with Gasteiger partial charge >= 0.3 is 12.1 Å². The van der Waals surface area contributed by atoms with Crippen LogP contribution in [-0.2, 0) is 92.2 Å². The molecule has 5 fully saturated rings. The highest BCUT2D eigenvalue weighted by Gasteiger charge is 2.65. The molecule has 4 bridgehead atoms. The van der Waals surface area contributed by atoms with Crippen LogP contribution in [0.1, 0.15) is 78.7 Å². The predicted molar refractivity (Wildman–Crippen MR) is 356 cm³/mol. The number of fused-ring (bicyclic) bond motifs is 5. The van der Waals surface area contributed by atoms with Gasteiger partial charge in [0, 0.05) is 91.3 Å². The van der Waals surface area contributed by atoms with E-state index in [1.807, 2.05) is 13.0 Å². The fourth-order valence-electron chi connectivity index (χ4n) is 12.3. The highest BCUT2D eigenvalue weighted by Crippen LogP contribution is 2.49. The topological polar surface area (TPSA) is 429 Å². The molecule has 0 aliphatic carbocycles. The minimum absolute atomic E-state index is 0.00150. The Morgan fingerprint density at radius 2 is 1.66 bits per heavy atom. The molecule has 10 N–H and O–H groups in total. The Balaban J connectivity index is 0.885. The first-order valence-electron chi connectivity index (χ1n) is 33.1. The summed E-state index contributed by atoms with van der Waals surface area (Å²) in [6.07, 6.45) is -8.40. The number of hydrogen-bond acceptors (Lipinski definition) is 26. The van der Waals surface area contributed by atoms with Crippen LogP contribution in [0.5, 0.6) is 5.75 Å². The lowest BCUT2D eigenvalue weighted by Gasteiger charge is -2.43. The lowest BCUT2D eigenvalue weighted by atomic mass is 9.83. The number of ether oxygens (including phenoxy) is 10. The van der Waals surface area contributed by atoms with Crippen LogP contribution < -0.4 is 41.5 Å². The zero-order chi connectivity index (χ0) is 73.3. The number of nitrogens with zero attached hydrogens (tertiary/aromatic N) is 3. The number of likely N-dealkylation sites (tertiary alicyclic amines) is 1. The van der Waals surface area contributed by atoms with E-state index >= 15 is 0 Å². The van der Waals surface area contributed by atoms with Crippen LogP contribution in [0.25, 0.3) is 0 Å². The van der Waals surface area contributed by atoms with Gasteiger partial charge in [0.05, 0.1) is 76.3 Å². The average molecular weight is 1460 g/mol. The average Bonchev–Trinajstić information content (AvgIpc) is 1.57. The van der Waals surface area contributed by atoms with Crippen LogP contribution in [-0.4, -0.2) is 292 Å². The van der Waals surface area contributed by atoms with Crippen LogP contribution in [0.3, 0.4) is 0 Å². The number of imide groups is 1. The van der Waals surface area contributed by atoms with Gasteiger partial charge in [-0.15, -0.1) is 11.8 Å². The molecule has 17 atom stereocenters. The standard InChI is InChI=1S/C65H96ClN9O24S/c1-34-12-11-13-46(92-10)65(89)30-43(97-63(88)72-65)35(2)57-64(5,99-57)47(29-51(80)74(7)41-25-38(24-34)26-42(91-9)53(41)66)98-61(86)36(3)73(6)50(79)15-23-100-45-28-52(81)75(60(45)85)32-49(78)71-54-56(55(82)44(33-76)96-62(54)87)95-37(4)58(83)67-16-19-93-18-14-48(77)70-39-27-40(69-31-39)59(84)68-17-20-94-22-21-90-8/h11-13,25-26,35-37,39-40,43-47,54-57,62,69,76,82,87,89H,14-24,27-33H2,1-10H3,(H,67,83)(H,68,84)(H,70,77)(H,71,78)(H,72,88)/b13-11+,34-12+/t35-,36+,37?,39?,40?,43+,44?,45?,46-,47?,54?,55?,56?,57+,62?,64+,65+/m1/s1. The summed E-state index contributed by atoms with van der Waals surface area (Å²) in [6, 6.07) is -0.154. The third-order valence-electron chi connectivity index (χ3n) is 18.4. The van der Waals surface area contributed by atoms with Crippen LogP contribution in [0.4, 0.5) is 10.5 Å². The van der Waals surface area contributed by atoms with Gasteiger partial charge in [-0.2, -0.15) is 0 Å². The highest BCUT2D eigenvalue weighted by molar-refractivity contribution is 8.00. The lowest BCUT2D eigenvalue weighted by molar-refractivity contribution is -0.266. The largest absolute Gasteiger partial charge is 0.495 e. The molecule has 6 aliphatic rings. The molecule has 9 amide bonds. The number of hydrogen-bond donors (Lipinski definition) is 10. The van der Waals surface area contributed by atoms with Crippen molar-refractivity contribution < 1.29 is 116 Å². The van der Waals surface area contributed by atoms with Crippen LogP contribution in [0, 0.1) is 5.92 Å². The molecule has 33 nitrogen and oxygen atoms in total. The first-order valence-corrected chi connectivity index (χ1v) is 34.5. The van der Waals surface area contributed by atoms with E-state index in [0.29, 0.717) is 56.3 Å². The van der Waals surface area contributed by atoms with E-state index in [-0.39, 0.29) is 79.8 Å². The van der Waals surface area contributed by atoms with E-state index in [9.17, 15) is 68.4 Å². The molecule has 6 heterocycles. The molecule has 0 spiro atoms. The van der Waals surface area contributed by atoms with Gasteiger partial charge in [0.25, 0.3) is 0 Å². The number of allylic oxidation sites excluding steroid dienone is 3. The number of aliphatic hydroxyl groups excluding tert-OH is 3. The molecular formula is C65H96ClN9O24S. The number of anilines is 1. The smallest absolute Gasteiger partial charge is 0.409 e. The van der Waals surface area contributed by atoms with Crippen LogP contribution in [0.15, 0.2) is 35.9 Å². The van der Waals surface area contributed by atoms with Gasteiger partial charge in [0.15, 0.2) is 12.0 Å². The monoisotopic (exact) mass is 1450 g/mol. The minimum Gasteiger partial charge on any atom is -0.495 e. The summed E-state index contributed by atoms with van der Waals surface area (Å²) < 4.78 is 56.4. The van der Waals surface area contributed by atoms with Crippen molar-refractivity contribution in [1.82, 2.24) is 41.7 Å². The molecule has 558 valence electrons. The summed E-state index contributed by atoms with van der Waals surface area (Å²) in [5.74, 6) is -6.16. The number of carbonyl (C=O) groups excluding carboxylic acids is 10. The molecule has 10 unspecified atom stereocenters. The summed E-state index contributed by atoms with van der Waals surface area (Å²) >= 11 is 7.79. The van der Waals surface area contributed by atoms with Gasteiger partial charge < -0.3 is 104 Å². The molecule has 35 heteroatoms. The second-order valence-corrected chi connectivity index (χ2v) is 27.3. The Hall–Kier alpha value is -6.64. The van der Waals surface area contributed by atoms with Gasteiger partial charge in [0.1, 0.15) is 77.7 Å². The molecule has 5 saturated heterocycles. The van der Waals surface area contributed by atoms with Crippen molar-refractivity contribution in [3.63, 3.8) is 0 Å². The van der Waals surface area contributed by atoms with Gasteiger partial charge in [-0.3, -0.25) is 48.6 Å². The summed E-state index contributed by atoms with van der Waals surface area (Å²) in [7, 11) is 7.25. The van der Waals surface area contributed by atoms with E-state index < -0.39 is 163 Å². The number of likely N-dealkylation sites (N-methyl/N-ethyl adjacent to an activating group) is 1. The molecule has 1 aromatic rings. The van der Waals surface area contributed by atoms with Gasteiger partial charge in [-0.1, -0.05) is 42.3 Å². The molecule has 7 rings (SSSR count). The highest BCUT2D eigenvalue weighted by atomic mass is 35.5. The zero-order valence-corrected chi connectivity index (χ0v) is 59.4. The molecule has 1 aromatic carbocycles. The van der Waals surface area contributed by atoms with Gasteiger partial charge in [-0.05, 0) is 58.2 Å². The van der Waals surface area contributed by atoms with Crippen molar-refractivity contribution in [2.75, 3.05) is 112 Å². The minimum atomic E-state index is -1.94. The quantitative estimate of drug-likeness (QED) is 0.0177. The Bertz CT molecular complexity index is 3150. The molecule has 0 aromatic heterocycles. The van der Waals surface area contributed by atoms with Crippen LogP contribution >= 0.6 is 23.4 Å². The SMILES string of the molecule is COCCOCCNC(=O)C1CC(NC(=O)CCOCCNC(=O)C(C)OC2C(O)C(CO)OC(O)C2NC(=O)CN2C(=O)CC(SCCC(=O)N(C)[C@@H](C)C(=O)OC3CC(=O)N(C)c4cc(cc(OC)c4Cl)C/C(C)=C/C=C/[C@@H](OC)[C@@]4(O)C[C@H](OC(=O)N4)[C@@H](C)[C@@H]4O[C@@]34C)C2=O)CN1. The van der Waals surface area contributed by atoms with E-state index in [4.69, 9.17) is 59.0 Å². The van der Waals surface area contributed by atoms with Crippen molar-refractivity contribution in [3.05, 3.63) is 46.5 Å². The fourth-order valence-corrected chi connectivity index (χ4v) is 13.7. The van der Waals surface area contributed by atoms with Crippen molar-refractivity contribution in [2.24, 2.45) is 5.92 Å². The number of alkyl carbamates (subject to hydrolysis) is 1. The van der Waals surface area contributed by atoms with E-state index in [2.05, 4.69) is 31.9 Å². The molecule has 100 heavy (non-hydrogen) atoms. The third kappa shape index (κ3) is 21.0. The number of nitrogens with one attached hydrogen (secondary N) is 6. The second-order valence-electron chi connectivity index (χ2n) is 25.6. The van der Waals surface area contributed by atoms with Crippen molar-refractivity contribution in [1.29, 1.82) is 0 Å². The number of esters is 1. The first kappa shape index (κ1) is 80.7. The maximum atomic E-state index is 14.5. The number of benzene rings is 1. The number of aliphatic hydroxyl groups is 4. The maximum Gasteiger partial charge on any atom is 0.409 e. The molecule has 0 saturated carbocycles. The van der Waals surface area contributed by atoms with Gasteiger partial charge in [-0.25, -0.2) is 9.59 Å². The van der Waals surface area contributed by atoms with Crippen LogP contribution in [0.2, 0.25) is 5.02 Å². The number of methoxy groups -OCH3 is 3. The Morgan fingerprint density at radius 1 is 0.940 bits per heavy atom.